The van der Waals surface area contributed by atoms with Gasteiger partial charge in [0.2, 0.25) is 0 Å². The van der Waals surface area contributed by atoms with Gasteiger partial charge in [-0.3, -0.25) is 9.78 Å². The van der Waals surface area contributed by atoms with Crippen LogP contribution in [0.15, 0.2) is 46.1 Å². The summed E-state index contributed by atoms with van der Waals surface area (Å²) in [4.78, 5) is 25.0. The van der Waals surface area contributed by atoms with E-state index in [1.807, 2.05) is 31.2 Å². The largest absolute Gasteiger partial charge is 0.493 e. The third-order valence-electron chi connectivity index (χ3n) is 5.71. The highest BCUT2D eigenvalue weighted by Crippen LogP contribution is 2.31. The van der Waals surface area contributed by atoms with Crippen molar-refractivity contribution in [2.75, 3.05) is 18.1 Å². The molecule has 0 bridgehead atoms. The highest BCUT2D eigenvalue weighted by atomic mass is 32.2. The van der Waals surface area contributed by atoms with Gasteiger partial charge in [-0.25, -0.2) is 13.2 Å². The van der Waals surface area contributed by atoms with Gasteiger partial charge in [-0.1, -0.05) is 25.5 Å². The standard InChI is InChI=1S/C23H32N2O5S/c1-2-19(20-7-6-8-21(15-20)30-16-18-9-10-18)17-31(28,29)14-5-3-4-12-25-13-11-22(26)24-23(25)27/h6-8,11,13,15,18-19H,2-5,9-10,12,14,16-17H2,1H3,(H,24,26,27)/t19-/m0/s1. The average molecular weight is 449 g/mol. The first kappa shape index (κ1) is 23.3. The fraction of sp³-hybridized carbons (Fsp3) is 0.565. The van der Waals surface area contributed by atoms with Crippen LogP contribution in [0.4, 0.5) is 0 Å². The summed E-state index contributed by atoms with van der Waals surface area (Å²) in [7, 11) is -3.19. The van der Waals surface area contributed by atoms with Crippen molar-refractivity contribution in [1.29, 1.82) is 0 Å². The summed E-state index contributed by atoms with van der Waals surface area (Å²) in [5.74, 6) is 1.72. The molecule has 8 heteroatoms. The summed E-state index contributed by atoms with van der Waals surface area (Å²) < 4.78 is 32.6. The maximum atomic E-state index is 12.7. The van der Waals surface area contributed by atoms with Gasteiger partial charge in [0.1, 0.15) is 5.75 Å². The van der Waals surface area contributed by atoms with Crippen molar-refractivity contribution in [3.63, 3.8) is 0 Å². The number of aryl methyl sites for hydroxylation is 1. The third kappa shape index (κ3) is 7.69. The molecule has 1 heterocycles. The molecule has 0 aliphatic heterocycles. The van der Waals surface area contributed by atoms with Gasteiger partial charge in [-0.05, 0) is 61.6 Å². The summed E-state index contributed by atoms with van der Waals surface area (Å²) >= 11 is 0. The first-order valence-corrected chi connectivity index (χ1v) is 12.9. The molecule has 1 aromatic heterocycles. The molecule has 0 amide bonds. The van der Waals surface area contributed by atoms with Gasteiger partial charge in [-0.15, -0.1) is 0 Å². The van der Waals surface area contributed by atoms with Gasteiger partial charge >= 0.3 is 5.69 Å². The second kappa shape index (κ2) is 10.8. The predicted molar refractivity (Wildman–Crippen MR) is 122 cm³/mol. The van der Waals surface area contributed by atoms with Crippen molar-refractivity contribution in [3.05, 3.63) is 62.9 Å². The molecule has 170 valence electrons. The second-order valence-electron chi connectivity index (χ2n) is 8.41. The average Bonchev–Trinajstić information content (AvgIpc) is 3.56. The van der Waals surface area contributed by atoms with Gasteiger partial charge in [0.15, 0.2) is 9.84 Å². The summed E-state index contributed by atoms with van der Waals surface area (Å²) in [5, 5.41) is 0. The van der Waals surface area contributed by atoms with Crippen molar-refractivity contribution in [2.24, 2.45) is 5.92 Å². The molecule has 0 spiro atoms. The van der Waals surface area contributed by atoms with Crippen LogP contribution in [0.1, 0.15) is 56.9 Å². The van der Waals surface area contributed by atoms with Crippen LogP contribution in [0.2, 0.25) is 0 Å². The van der Waals surface area contributed by atoms with E-state index in [1.54, 1.807) is 0 Å². The normalized spacial score (nSPS) is 15.0. The number of aromatic amines is 1. The Kier molecular flexibility index (Phi) is 8.12. The summed E-state index contributed by atoms with van der Waals surface area (Å²) in [6.07, 6.45) is 6.62. The van der Waals surface area contributed by atoms with E-state index in [9.17, 15) is 18.0 Å². The first-order valence-electron chi connectivity index (χ1n) is 11.1. The molecule has 1 atom stereocenters. The molecule has 1 saturated carbocycles. The van der Waals surface area contributed by atoms with Crippen LogP contribution in [0.5, 0.6) is 5.75 Å². The SMILES string of the molecule is CC[C@@H](CS(=O)(=O)CCCCCn1ccc(=O)[nH]c1=O)c1cccc(OCC2CC2)c1. The minimum absolute atomic E-state index is 0.0470. The van der Waals surface area contributed by atoms with E-state index >= 15 is 0 Å². The zero-order valence-corrected chi connectivity index (χ0v) is 18.9. The number of aromatic nitrogens is 2. The lowest BCUT2D eigenvalue weighted by atomic mass is 9.98. The molecular weight excluding hydrogens is 416 g/mol. The fourth-order valence-corrected chi connectivity index (χ4v) is 5.45. The molecule has 1 N–H and O–H groups in total. The Labute approximate surface area is 183 Å². The molecule has 0 unspecified atom stereocenters. The number of unbranched alkanes of at least 4 members (excludes halogenated alkanes) is 2. The van der Waals surface area contributed by atoms with Crippen LogP contribution < -0.4 is 16.0 Å². The Morgan fingerprint density at radius 3 is 2.68 bits per heavy atom. The highest BCUT2D eigenvalue weighted by Gasteiger charge is 2.23. The highest BCUT2D eigenvalue weighted by molar-refractivity contribution is 7.91. The van der Waals surface area contributed by atoms with Gasteiger partial charge in [0.25, 0.3) is 5.56 Å². The maximum absolute atomic E-state index is 12.7. The molecule has 1 aliphatic rings. The van der Waals surface area contributed by atoms with E-state index in [4.69, 9.17) is 4.74 Å². The molecule has 0 radical (unpaired) electrons. The molecule has 7 nitrogen and oxygen atoms in total. The first-order chi connectivity index (χ1) is 14.9. The summed E-state index contributed by atoms with van der Waals surface area (Å²) in [5.41, 5.74) is 0.156. The Balaban J connectivity index is 1.46. The lowest BCUT2D eigenvalue weighted by Gasteiger charge is -2.17. The molecule has 1 aliphatic carbocycles. The monoisotopic (exact) mass is 448 g/mol. The number of H-pyrrole nitrogens is 1. The minimum atomic E-state index is -3.19. The Morgan fingerprint density at radius 2 is 1.97 bits per heavy atom. The number of hydrogen-bond acceptors (Lipinski definition) is 5. The van der Waals surface area contributed by atoms with Gasteiger partial charge < -0.3 is 9.30 Å². The quantitative estimate of drug-likeness (QED) is 0.475. The van der Waals surface area contributed by atoms with Gasteiger partial charge in [0, 0.05) is 18.8 Å². The second-order valence-corrected chi connectivity index (χ2v) is 10.6. The number of hydrogen-bond donors (Lipinski definition) is 1. The van der Waals surface area contributed by atoms with Crippen molar-refractivity contribution in [1.82, 2.24) is 9.55 Å². The number of nitrogens with one attached hydrogen (secondary N) is 1. The van der Waals surface area contributed by atoms with E-state index in [0.29, 0.717) is 31.7 Å². The van der Waals surface area contributed by atoms with Gasteiger partial charge in [-0.2, -0.15) is 0 Å². The van der Waals surface area contributed by atoms with Crippen molar-refractivity contribution < 1.29 is 13.2 Å². The minimum Gasteiger partial charge on any atom is -0.493 e. The van der Waals surface area contributed by atoms with Crippen LogP contribution in [0, 0.1) is 5.92 Å². The number of rotatable bonds is 13. The number of nitrogens with zero attached hydrogens (tertiary/aromatic N) is 1. The van der Waals surface area contributed by atoms with Crippen LogP contribution in [0.25, 0.3) is 0 Å². The Bertz CT molecular complexity index is 1070. The fourth-order valence-electron chi connectivity index (χ4n) is 3.60. The van der Waals surface area contributed by atoms with Crippen LogP contribution in [-0.2, 0) is 16.4 Å². The van der Waals surface area contributed by atoms with E-state index in [0.717, 1.165) is 24.3 Å². The van der Waals surface area contributed by atoms with Crippen LogP contribution in [-0.4, -0.2) is 36.1 Å². The van der Waals surface area contributed by atoms with E-state index in [1.165, 1.54) is 29.7 Å². The van der Waals surface area contributed by atoms with Crippen molar-refractivity contribution >= 4 is 9.84 Å². The predicted octanol–water partition coefficient (Wildman–Crippen LogP) is 3.10. The third-order valence-corrected chi connectivity index (χ3v) is 7.53. The van der Waals surface area contributed by atoms with Gasteiger partial charge in [0.05, 0.1) is 18.1 Å². The number of ether oxygens (including phenoxy) is 1. The van der Waals surface area contributed by atoms with Crippen LogP contribution in [0.3, 0.4) is 0 Å². The smallest absolute Gasteiger partial charge is 0.328 e. The molecule has 2 aromatic rings. The zero-order chi connectivity index (χ0) is 22.3. The molecule has 0 saturated heterocycles. The maximum Gasteiger partial charge on any atom is 0.328 e. The lowest BCUT2D eigenvalue weighted by molar-refractivity contribution is 0.299. The molecule has 1 fully saturated rings. The van der Waals surface area contributed by atoms with E-state index < -0.39 is 21.1 Å². The molecule has 1 aromatic carbocycles. The van der Waals surface area contributed by atoms with E-state index in [2.05, 4.69) is 4.98 Å². The summed E-state index contributed by atoms with van der Waals surface area (Å²) in [6.45, 7) is 3.21. The van der Waals surface area contributed by atoms with Crippen molar-refractivity contribution in [3.8, 4) is 5.75 Å². The van der Waals surface area contributed by atoms with E-state index in [-0.39, 0.29) is 17.4 Å². The topological polar surface area (TPSA) is 98.2 Å². The number of sulfone groups is 1. The Morgan fingerprint density at radius 1 is 1.16 bits per heavy atom. The van der Waals surface area contributed by atoms with Crippen molar-refractivity contribution in [2.45, 2.75) is 57.9 Å². The molecule has 31 heavy (non-hydrogen) atoms. The summed E-state index contributed by atoms with van der Waals surface area (Å²) in [6, 6.07) is 9.14. The van der Waals surface area contributed by atoms with Crippen LogP contribution >= 0.6 is 0 Å². The molecule has 3 rings (SSSR count). The molecular formula is C23H32N2O5S. The number of benzene rings is 1. The zero-order valence-electron chi connectivity index (χ0n) is 18.1. The lowest BCUT2D eigenvalue weighted by Crippen LogP contribution is -2.28. The Hall–Kier alpha value is -2.35.